The van der Waals surface area contributed by atoms with E-state index in [0.717, 1.165) is 31.8 Å². The Balaban J connectivity index is 0.00000242. The van der Waals surface area contributed by atoms with Gasteiger partial charge in [-0.25, -0.2) is 4.39 Å². The summed E-state index contributed by atoms with van der Waals surface area (Å²) in [5.41, 5.74) is 1.30. The zero-order valence-electron chi connectivity index (χ0n) is 13.0. The number of benzene rings is 1. The van der Waals surface area contributed by atoms with Gasteiger partial charge in [-0.1, -0.05) is 11.6 Å². The van der Waals surface area contributed by atoms with Crippen molar-refractivity contribution in [2.24, 2.45) is 0 Å². The average Bonchev–Trinajstić information content (AvgIpc) is 2.47. The number of aromatic hydroxyl groups is 1. The van der Waals surface area contributed by atoms with Crippen molar-refractivity contribution in [3.05, 3.63) is 41.2 Å². The number of piperazine rings is 1. The Hall–Kier alpha value is -1.32. The molecular formula is C16H22Cl2FN3O. The lowest BCUT2D eigenvalue weighted by Gasteiger charge is -2.35. The molecule has 1 aromatic carbocycles. The predicted octanol–water partition coefficient (Wildman–Crippen LogP) is 3.16. The third-order valence-electron chi connectivity index (χ3n) is 3.76. The Kier molecular flexibility index (Phi) is 9.18. The van der Waals surface area contributed by atoms with E-state index < -0.39 is 5.82 Å². The third kappa shape index (κ3) is 5.08. The van der Waals surface area contributed by atoms with Crippen molar-refractivity contribution in [1.82, 2.24) is 10.2 Å². The zero-order chi connectivity index (χ0) is 15.4. The van der Waals surface area contributed by atoms with Crippen LogP contribution in [-0.2, 0) is 0 Å². The highest BCUT2D eigenvalue weighted by molar-refractivity contribution is 5.85. The highest BCUT2D eigenvalue weighted by Gasteiger charge is 2.26. The molecule has 0 aromatic heterocycles. The molecular weight excluding hydrogens is 340 g/mol. The van der Waals surface area contributed by atoms with E-state index in [2.05, 4.69) is 16.8 Å². The van der Waals surface area contributed by atoms with Crippen LogP contribution in [-0.4, -0.2) is 36.2 Å². The summed E-state index contributed by atoms with van der Waals surface area (Å²) in [6.07, 6.45) is 0.671. The molecule has 128 valence electrons. The van der Waals surface area contributed by atoms with Crippen molar-refractivity contribution in [1.29, 1.82) is 5.26 Å². The first-order valence-corrected chi connectivity index (χ1v) is 7.05. The molecule has 1 aliphatic heterocycles. The molecule has 0 aliphatic carbocycles. The van der Waals surface area contributed by atoms with Crippen LogP contribution in [0, 0.1) is 17.1 Å². The van der Waals surface area contributed by atoms with Gasteiger partial charge in [0, 0.05) is 37.8 Å². The van der Waals surface area contributed by atoms with Crippen LogP contribution in [0.1, 0.15) is 30.5 Å². The van der Waals surface area contributed by atoms with Gasteiger partial charge in [0.1, 0.15) is 23.2 Å². The first-order valence-electron chi connectivity index (χ1n) is 7.05. The predicted molar refractivity (Wildman–Crippen MR) is 93.9 cm³/mol. The maximum Gasteiger partial charge on any atom is 0.144 e. The van der Waals surface area contributed by atoms with Crippen LogP contribution < -0.4 is 5.32 Å². The van der Waals surface area contributed by atoms with Crippen LogP contribution in [0.4, 0.5) is 4.39 Å². The number of nitriles is 1. The van der Waals surface area contributed by atoms with E-state index in [1.54, 1.807) is 12.1 Å². The normalized spacial score (nSPS) is 15.7. The molecule has 0 unspecified atom stereocenters. The molecule has 7 heteroatoms. The van der Waals surface area contributed by atoms with Gasteiger partial charge in [0.15, 0.2) is 0 Å². The molecule has 2 N–H and O–H groups in total. The number of phenolic OH excluding ortho intramolecular Hbond substituents is 1. The van der Waals surface area contributed by atoms with Crippen LogP contribution in [0.5, 0.6) is 5.75 Å². The molecule has 1 atom stereocenters. The standard InChI is InChI=1S/C16H20FN3O.2ClH/c1-11(2)9-15(20-7-5-19-6-8-20)12-3-4-14(17)13(10-18)16(12)21;;/h3-4,15,19,21H,1,5-9H2,2H3;2*1H/t15-;;/m1../s1. The molecule has 0 radical (unpaired) electrons. The lowest BCUT2D eigenvalue weighted by Crippen LogP contribution is -2.45. The summed E-state index contributed by atoms with van der Waals surface area (Å²) >= 11 is 0. The van der Waals surface area contributed by atoms with E-state index >= 15 is 0 Å². The Bertz CT molecular complexity index is 583. The van der Waals surface area contributed by atoms with Crippen molar-refractivity contribution < 1.29 is 9.50 Å². The lowest BCUT2D eigenvalue weighted by molar-refractivity contribution is 0.169. The van der Waals surface area contributed by atoms with Crippen molar-refractivity contribution >= 4 is 24.8 Å². The van der Waals surface area contributed by atoms with E-state index in [-0.39, 0.29) is 42.2 Å². The quantitative estimate of drug-likeness (QED) is 0.808. The average molecular weight is 362 g/mol. The molecule has 2 rings (SSSR count). The Morgan fingerprint density at radius 1 is 1.43 bits per heavy atom. The minimum atomic E-state index is -0.687. The summed E-state index contributed by atoms with van der Waals surface area (Å²) in [5, 5.41) is 22.5. The number of nitrogens with zero attached hydrogens (tertiary/aromatic N) is 2. The van der Waals surface area contributed by atoms with Crippen LogP contribution >= 0.6 is 24.8 Å². The summed E-state index contributed by atoms with van der Waals surface area (Å²) in [6.45, 7) is 9.31. The molecule has 0 saturated carbocycles. The van der Waals surface area contributed by atoms with E-state index in [4.69, 9.17) is 5.26 Å². The Morgan fingerprint density at radius 3 is 2.57 bits per heavy atom. The minimum absolute atomic E-state index is 0. The SMILES string of the molecule is C=C(C)C[C@H](c1ccc(F)c(C#N)c1O)N1CCNCC1.Cl.Cl. The van der Waals surface area contributed by atoms with Crippen molar-refractivity contribution in [2.45, 2.75) is 19.4 Å². The third-order valence-corrected chi connectivity index (χ3v) is 3.76. The number of rotatable bonds is 4. The summed E-state index contributed by atoms with van der Waals surface area (Å²) in [4.78, 5) is 2.24. The zero-order valence-corrected chi connectivity index (χ0v) is 14.6. The van der Waals surface area contributed by atoms with Crippen molar-refractivity contribution in [3.8, 4) is 11.8 Å². The molecule has 4 nitrogen and oxygen atoms in total. The smallest absolute Gasteiger partial charge is 0.144 e. The van der Waals surface area contributed by atoms with E-state index in [1.165, 1.54) is 6.07 Å². The van der Waals surface area contributed by atoms with E-state index in [1.807, 2.05) is 6.92 Å². The van der Waals surface area contributed by atoms with Gasteiger partial charge >= 0.3 is 0 Å². The van der Waals surface area contributed by atoms with Gasteiger partial charge in [-0.05, 0) is 19.4 Å². The second-order valence-electron chi connectivity index (χ2n) is 5.44. The molecule has 1 fully saturated rings. The first kappa shape index (κ1) is 21.7. The maximum atomic E-state index is 13.6. The number of nitrogens with one attached hydrogen (secondary N) is 1. The second kappa shape index (κ2) is 9.74. The largest absolute Gasteiger partial charge is 0.506 e. The fourth-order valence-electron chi connectivity index (χ4n) is 2.72. The van der Waals surface area contributed by atoms with Crippen LogP contribution in [0.3, 0.4) is 0 Å². The number of halogens is 3. The summed E-state index contributed by atoms with van der Waals surface area (Å²) in [6, 6.07) is 4.47. The van der Waals surface area contributed by atoms with Gasteiger partial charge < -0.3 is 10.4 Å². The van der Waals surface area contributed by atoms with Gasteiger partial charge in [0.25, 0.3) is 0 Å². The van der Waals surface area contributed by atoms with E-state index in [0.29, 0.717) is 12.0 Å². The fourth-order valence-corrected chi connectivity index (χ4v) is 2.72. The Morgan fingerprint density at radius 2 is 2.04 bits per heavy atom. The monoisotopic (exact) mass is 361 g/mol. The molecule has 1 saturated heterocycles. The molecule has 0 bridgehead atoms. The van der Waals surface area contributed by atoms with Gasteiger partial charge in [0.05, 0.1) is 0 Å². The van der Waals surface area contributed by atoms with Crippen LogP contribution in [0.25, 0.3) is 0 Å². The number of hydrogen-bond acceptors (Lipinski definition) is 4. The maximum absolute atomic E-state index is 13.6. The Labute approximate surface area is 148 Å². The summed E-state index contributed by atoms with van der Waals surface area (Å²) < 4.78 is 13.6. The molecule has 1 heterocycles. The van der Waals surface area contributed by atoms with Crippen LogP contribution in [0.15, 0.2) is 24.3 Å². The number of hydrogen-bond donors (Lipinski definition) is 2. The van der Waals surface area contributed by atoms with Gasteiger partial charge in [-0.3, -0.25) is 4.90 Å². The summed E-state index contributed by atoms with van der Waals surface area (Å²) in [7, 11) is 0. The topological polar surface area (TPSA) is 59.3 Å². The molecule has 0 spiro atoms. The van der Waals surface area contributed by atoms with Gasteiger partial charge in [-0.15, -0.1) is 31.4 Å². The van der Waals surface area contributed by atoms with Gasteiger partial charge in [-0.2, -0.15) is 5.26 Å². The molecule has 23 heavy (non-hydrogen) atoms. The number of phenols is 1. The first-order chi connectivity index (χ1) is 10.0. The molecule has 1 aromatic rings. The molecule has 1 aliphatic rings. The lowest BCUT2D eigenvalue weighted by atomic mass is 9.95. The van der Waals surface area contributed by atoms with Crippen molar-refractivity contribution in [2.75, 3.05) is 26.2 Å². The molecule has 0 amide bonds. The fraction of sp³-hybridized carbons (Fsp3) is 0.438. The van der Waals surface area contributed by atoms with Crippen LogP contribution in [0.2, 0.25) is 0 Å². The van der Waals surface area contributed by atoms with Crippen molar-refractivity contribution in [3.63, 3.8) is 0 Å². The summed E-state index contributed by atoms with van der Waals surface area (Å²) in [5.74, 6) is -0.935. The van der Waals surface area contributed by atoms with Gasteiger partial charge in [0.2, 0.25) is 0 Å². The highest BCUT2D eigenvalue weighted by atomic mass is 35.5. The second-order valence-corrected chi connectivity index (χ2v) is 5.44. The highest BCUT2D eigenvalue weighted by Crippen LogP contribution is 2.36. The van der Waals surface area contributed by atoms with E-state index in [9.17, 15) is 9.50 Å². The minimum Gasteiger partial charge on any atom is -0.506 e.